The van der Waals surface area contributed by atoms with E-state index in [0.29, 0.717) is 45.5 Å². The van der Waals surface area contributed by atoms with Gasteiger partial charge in [0, 0.05) is 23.0 Å². The fourth-order valence-electron chi connectivity index (χ4n) is 4.05. The summed E-state index contributed by atoms with van der Waals surface area (Å²) >= 11 is 7.42. The number of methoxy groups -OCH3 is 3. The zero-order chi connectivity index (χ0) is 27.7. The van der Waals surface area contributed by atoms with Gasteiger partial charge in [-0.2, -0.15) is 4.98 Å². The van der Waals surface area contributed by atoms with Crippen LogP contribution in [-0.4, -0.2) is 63.0 Å². The first-order valence-corrected chi connectivity index (χ1v) is 12.7. The average Bonchev–Trinajstić information content (AvgIpc) is 3.51. The average molecular weight is 568 g/mol. The Morgan fingerprint density at radius 3 is 2.51 bits per heavy atom. The summed E-state index contributed by atoms with van der Waals surface area (Å²) in [4.78, 5) is 50.0. The van der Waals surface area contributed by atoms with E-state index in [1.165, 1.54) is 51.3 Å². The Bertz CT molecular complexity index is 1570. The van der Waals surface area contributed by atoms with Gasteiger partial charge >= 0.3 is 0 Å². The number of halogens is 1. The molecular weight excluding hydrogens is 546 g/mol. The van der Waals surface area contributed by atoms with Gasteiger partial charge in [-0.25, -0.2) is 15.0 Å². The normalized spacial score (nSPS) is 12.2. The molecule has 14 heteroatoms. The summed E-state index contributed by atoms with van der Waals surface area (Å²) in [5, 5.41) is 3.53. The zero-order valence-corrected chi connectivity index (χ0v) is 22.9. The number of nitrogens with zero attached hydrogens (tertiary/aromatic N) is 6. The SMILES string of the molecule is COc1cnc(C(=O)N2Cc3nc(NC(=O)c4cnc(C)cc4-c4cc(Cl)ncc4OC)sc3C2)c(OC)n1. The molecule has 0 bridgehead atoms. The summed E-state index contributed by atoms with van der Waals surface area (Å²) in [6.45, 7) is 2.38. The van der Waals surface area contributed by atoms with Crippen molar-refractivity contribution in [3.8, 4) is 28.6 Å². The lowest BCUT2D eigenvalue weighted by Gasteiger charge is -2.16. The molecule has 39 heavy (non-hydrogen) atoms. The van der Waals surface area contributed by atoms with Gasteiger partial charge in [-0.1, -0.05) is 22.9 Å². The molecule has 0 radical (unpaired) electrons. The number of carbonyl (C=O) groups is 2. The molecule has 4 aromatic heterocycles. The smallest absolute Gasteiger partial charge is 0.278 e. The molecular formula is C25H22ClN7O5S. The molecule has 0 aromatic carbocycles. The van der Waals surface area contributed by atoms with Crippen molar-refractivity contribution < 1.29 is 23.8 Å². The molecule has 0 unspecified atom stereocenters. The van der Waals surface area contributed by atoms with Crippen LogP contribution in [0.25, 0.3) is 11.1 Å². The molecule has 4 aromatic rings. The Morgan fingerprint density at radius 2 is 1.79 bits per heavy atom. The molecule has 0 fully saturated rings. The maximum absolute atomic E-state index is 13.3. The molecule has 0 saturated heterocycles. The number of aromatic nitrogens is 5. The van der Waals surface area contributed by atoms with Crippen LogP contribution >= 0.6 is 22.9 Å². The molecule has 5 heterocycles. The minimum atomic E-state index is -0.397. The lowest BCUT2D eigenvalue weighted by atomic mass is 10.0. The van der Waals surface area contributed by atoms with Crippen LogP contribution in [0.1, 0.15) is 37.1 Å². The number of anilines is 1. The maximum atomic E-state index is 13.3. The van der Waals surface area contributed by atoms with Gasteiger partial charge in [-0.3, -0.25) is 19.9 Å². The van der Waals surface area contributed by atoms with Crippen molar-refractivity contribution >= 4 is 39.9 Å². The number of carbonyl (C=O) groups excluding carboxylic acids is 2. The molecule has 0 atom stereocenters. The second kappa shape index (κ2) is 10.8. The van der Waals surface area contributed by atoms with Gasteiger partial charge in [0.25, 0.3) is 11.8 Å². The quantitative estimate of drug-likeness (QED) is 0.328. The van der Waals surface area contributed by atoms with E-state index >= 15 is 0 Å². The third-order valence-electron chi connectivity index (χ3n) is 5.91. The third-order valence-corrected chi connectivity index (χ3v) is 7.12. The Hall–Kier alpha value is -4.36. The van der Waals surface area contributed by atoms with E-state index in [4.69, 9.17) is 25.8 Å². The van der Waals surface area contributed by atoms with Crippen molar-refractivity contribution in [3.05, 3.63) is 63.4 Å². The molecule has 5 rings (SSSR count). The van der Waals surface area contributed by atoms with Crippen LogP contribution in [0.15, 0.2) is 30.7 Å². The van der Waals surface area contributed by atoms with E-state index in [1.54, 1.807) is 17.0 Å². The van der Waals surface area contributed by atoms with Gasteiger partial charge in [0.15, 0.2) is 10.8 Å². The van der Waals surface area contributed by atoms with Gasteiger partial charge in [-0.05, 0) is 19.1 Å². The summed E-state index contributed by atoms with van der Waals surface area (Å²) in [6.07, 6.45) is 4.36. The summed E-state index contributed by atoms with van der Waals surface area (Å²) < 4.78 is 15.7. The highest BCUT2D eigenvalue weighted by atomic mass is 35.5. The Balaban J connectivity index is 1.35. The van der Waals surface area contributed by atoms with Crippen LogP contribution in [0.4, 0.5) is 5.13 Å². The molecule has 1 aliphatic heterocycles. The van der Waals surface area contributed by atoms with Crippen LogP contribution in [0.2, 0.25) is 5.15 Å². The lowest BCUT2D eigenvalue weighted by molar-refractivity contribution is 0.0739. The Kier molecular flexibility index (Phi) is 7.26. The molecule has 0 saturated carbocycles. The minimum absolute atomic E-state index is 0.0742. The van der Waals surface area contributed by atoms with Crippen molar-refractivity contribution in [1.82, 2.24) is 29.8 Å². The number of fused-ring (bicyclic) bond motifs is 1. The number of hydrogen-bond acceptors (Lipinski definition) is 11. The number of nitrogens with one attached hydrogen (secondary N) is 1. The van der Waals surface area contributed by atoms with E-state index in [2.05, 4.69) is 30.2 Å². The number of aryl methyl sites for hydroxylation is 1. The lowest BCUT2D eigenvalue weighted by Crippen LogP contribution is -2.27. The minimum Gasteiger partial charge on any atom is -0.494 e. The number of pyridine rings is 2. The number of amides is 2. The Morgan fingerprint density at radius 1 is 0.974 bits per heavy atom. The van der Waals surface area contributed by atoms with Crippen molar-refractivity contribution in [2.24, 2.45) is 0 Å². The van der Waals surface area contributed by atoms with Crippen molar-refractivity contribution in [1.29, 1.82) is 0 Å². The number of hydrogen-bond donors (Lipinski definition) is 1. The van der Waals surface area contributed by atoms with Crippen LogP contribution < -0.4 is 19.5 Å². The highest BCUT2D eigenvalue weighted by Gasteiger charge is 2.31. The van der Waals surface area contributed by atoms with Gasteiger partial charge in [0.1, 0.15) is 10.9 Å². The van der Waals surface area contributed by atoms with Crippen LogP contribution in [0.5, 0.6) is 17.5 Å². The first-order valence-electron chi connectivity index (χ1n) is 11.5. The fourth-order valence-corrected chi connectivity index (χ4v) is 5.19. The van der Waals surface area contributed by atoms with Gasteiger partial charge in [0.05, 0.1) is 62.9 Å². The summed E-state index contributed by atoms with van der Waals surface area (Å²) in [5.74, 6) is 0.0351. The summed E-state index contributed by atoms with van der Waals surface area (Å²) in [6, 6.07) is 3.42. The first kappa shape index (κ1) is 26.3. The van der Waals surface area contributed by atoms with Crippen LogP contribution in [0.3, 0.4) is 0 Å². The molecule has 200 valence electrons. The second-order valence-electron chi connectivity index (χ2n) is 8.35. The van der Waals surface area contributed by atoms with Crippen LogP contribution in [-0.2, 0) is 13.1 Å². The first-order chi connectivity index (χ1) is 18.8. The molecule has 0 spiro atoms. The topological polar surface area (TPSA) is 142 Å². The predicted octanol–water partition coefficient (Wildman–Crippen LogP) is 3.79. The van der Waals surface area contributed by atoms with E-state index in [-0.39, 0.29) is 35.1 Å². The van der Waals surface area contributed by atoms with Crippen LogP contribution in [0, 0.1) is 6.92 Å². The van der Waals surface area contributed by atoms with Crippen molar-refractivity contribution in [2.45, 2.75) is 20.0 Å². The fraction of sp³-hybridized carbons (Fsp3) is 0.240. The molecule has 2 amide bonds. The van der Waals surface area contributed by atoms with E-state index in [9.17, 15) is 9.59 Å². The maximum Gasteiger partial charge on any atom is 0.278 e. The highest BCUT2D eigenvalue weighted by molar-refractivity contribution is 7.16. The van der Waals surface area contributed by atoms with Gasteiger partial charge in [0.2, 0.25) is 11.8 Å². The molecule has 12 nitrogen and oxygen atoms in total. The number of ether oxygens (including phenoxy) is 3. The second-order valence-corrected chi connectivity index (χ2v) is 9.82. The molecule has 1 aliphatic rings. The summed E-state index contributed by atoms with van der Waals surface area (Å²) in [7, 11) is 4.38. The predicted molar refractivity (Wildman–Crippen MR) is 143 cm³/mol. The van der Waals surface area contributed by atoms with Gasteiger partial charge < -0.3 is 19.1 Å². The van der Waals surface area contributed by atoms with Crippen molar-refractivity contribution in [3.63, 3.8) is 0 Å². The van der Waals surface area contributed by atoms with E-state index in [0.717, 1.165) is 4.88 Å². The third kappa shape index (κ3) is 5.18. The molecule has 0 aliphatic carbocycles. The molecule has 1 N–H and O–H groups in total. The largest absolute Gasteiger partial charge is 0.494 e. The Labute approximate surface area is 232 Å². The highest BCUT2D eigenvalue weighted by Crippen LogP contribution is 2.36. The zero-order valence-electron chi connectivity index (χ0n) is 21.3. The monoisotopic (exact) mass is 567 g/mol. The van der Waals surface area contributed by atoms with E-state index < -0.39 is 5.91 Å². The number of rotatable bonds is 7. The van der Waals surface area contributed by atoms with E-state index in [1.807, 2.05) is 6.92 Å². The van der Waals surface area contributed by atoms with Gasteiger partial charge in [-0.15, -0.1) is 0 Å². The summed E-state index contributed by atoms with van der Waals surface area (Å²) in [5.41, 5.74) is 3.01. The van der Waals surface area contributed by atoms with Crippen molar-refractivity contribution in [2.75, 3.05) is 26.6 Å². The standard InChI is InChI=1S/C25H22ClN7O5S/c1-12-5-13(14-6-19(26)28-8-17(14)36-2)15(7-27-12)22(34)32-25-30-16-10-33(11-18(16)39-25)24(35)21-23(38-4)31-20(37-3)9-29-21/h5-9H,10-11H2,1-4H3,(H,30,32,34). The number of thiazole rings is 1.